The first-order chi connectivity index (χ1) is 12.1. The van der Waals surface area contributed by atoms with Crippen LogP contribution >= 0.6 is 0 Å². The monoisotopic (exact) mass is 343 g/mol. The first-order valence-corrected chi connectivity index (χ1v) is 8.26. The first kappa shape index (κ1) is 18.6. The summed E-state index contributed by atoms with van der Waals surface area (Å²) in [5.74, 6) is 2.46. The van der Waals surface area contributed by atoms with Gasteiger partial charge in [-0.25, -0.2) is 0 Å². The summed E-state index contributed by atoms with van der Waals surface area (Å²) in [4.78, 5) is 13.9. The standard InChI is InChI=1S/C20H25NO4/c1-21(13-14-25-18-10-8-17(23-2)9-11-18)20(22)12-7-16-5-4-6-19(15-16)24-3/h4-6,8-11,15H,7,12-14H2,1-3H3. The summed E-state index contributed by atoms with van der Waals surface area (Å²) < 4.78 is 16.0. The molecule has 0 fully saturated rings. The van der Waals surface area contributed by atoms with Crippen molar-refractivity contribution in [1.29, 1.82) is 0 Å². The molecule has 0 N–H and O–H groups in total. The third-order valence-corrected chi connectivity index (χ3v) is 3.94. The van der Waals surface area contributed by atoms with Crippen LogP contribution in [0.25, 0.3) is 0 Å². The van der Waals surface area contributed by atoms with Crippen molar-refractivity contribution >= 4 is 5.91 Å². The highest BCUT2D eigenvalue weighted by atomic mass is 16.5. The number of aryl methyl sites for hydroxylation is 1. The van der Waals surface area contributed by atoms with E-state index in [9.17, 15) is 4.79 Å². The van der Waals surface area contributed by atoms with Crippen LogP contribution in [0.1, 0.15) is 12.0 Å². The van der Waals surface area contributed by atoms with Crippen molar-refractivity contribution in [1.82, 2.24) is 4.90 Å². The van der Waals surface area contributed by atoms with Gasteiger partial charge in [0.05, 0.1) is 20.8 Å². The molecule has 0 aromatic heterocycles. The average molecular weight is 343 g/mol. The number of ether oxygens (including phenoxy) is 3. The van der Waals surface area contributed by atoms with Gasteiger partial charge in [-0.05, 0) is 48.4 Å². The van der Waals surface area contributed by atoms with Crippen LogP contribution in [0.15, 0.2) is 48.5 Å². The largest absolute Gasteiger partial charge is 0.497 e. The number of amides is 1. The number of hydrogen-bond acceptors (Lipinski definition) is 4. The third-order valence-electron chi connectivity index (χ3n) is 3.94. The third kappa shape index (κ3) is 6.03. The van der Waals surface area contributed by atoms with E-state index < -0.39 is 0 Å². The second-order valence-corrected chi connectivity index (χ2v) is 5.69. The quantitative estimate of drug-likeness (QED) is 0.702. The van der Waals surface area contributed by atoms with E-state index in [0.717, 1.165) is 22.8 Å². The number of methoxy groups -OCH3 is 2. The highest BCUT2D eigenvalue weighted by Crippen LogP contribution is 2.17. The number of carbonyl (C=O) groups excluding carboxylic acids is 1. The second kappa shape index (κ2) is 9.57. The Hall–Kier alpha value is -2.69. The maximum absolute atomic E-state index is 12.2. The van der Waals surface area contributed by atoms with Crippen LogP contribution in [0, 0.1) is 0 Å². The molecule has 0 bridgehead atoms. The molecule has 0 saturated heterocycles. The van der Waals surface area contributed by atoms with E-state index in [2.05, 4.69) is 0 Å². The lowest BCUT2D eigenvalue weighted by Crippen LogP contribution is -2.31. The van der Waals surface area contributed by atoms with E-state index in [4.69, 9.17) is 14.2 Å². The summed E-state index contributed by atoms with van der Waals surface area (Å²) in [5.41, 5.74) is 1.09. The molecule has 0 radical (unpaired) electrons. The molecule has 2 aromatic rings. The van der Waals surface area contributed by atoms with Crippen LogP contribution in [-0.2, 0) is 11.2 Å². The molecule has 1 amide bonds. The number of hydrogen-bond donors (Lipinski definition) is 0. The molecular formula is C20H25NO4. The van der Waals surface area contributed by atoms with E-state index >= 15 is 0 Å². The fourth-order valence-electron chi connectivity index (χ4n) is 2.37. The number of nitrogens with zero attached hydrogens (tertiary/aromatic N) is 1. The fourth-order valence-corrected chi connectivity index (χ4v) is 2.37. The Kier molecular flexibility index (Phi) is 7.14. The molecule has 25 heavy (non-hydrogen) atoms. The minimum absolute atomic E-state index is 0.0983. The molecule has 0 heterocycles. The molecule has 0 unspecified atom stereocenters. The zero-order chi connectivity index (χ0) is 18.1. The number of likely N-dealkylation sites (N-methyl/N-ethyl adjacent to an activating group) is 1. The number of benzene rings is 2. The summed E-state index contributed by atoms with van der Waals surface area (Å²) in [6.07, 6.45) is 1.16. The van der Waals surface area contributed by atoms with E-state index in [-0.39, 0.29) is 5.91 Å². The smallest absolute Gasteiger partial charge is 0.222 e. The SMILES string of the molecule is COc1ccc(OCCN(C)C(=O)CCc2cccc(OC)c2)cc1. The maximum atomic E-state index is 12.2. The van der Waals surface area contributed by atoms with E-state index in [1.807, 2.05) is 48.5 Å². The predicted octanol–water partition coefficient (Wildman–Crippen LogP) is 3.17. The summed E-state index contributed by atoms with van der Waals surface area (Å²) in [5, 5.41) is 0. The molecule has 0 saturated carbocycles. The molecule has 2 rings (SSSR count). The minimum atomic E-state index is 0.0983. The fraction of sp³-hybridized carbons (Fsp3) is 0.350. The van der Waals surface area contributed by atoms with Gasteiger partial charge in [-0.2, -0.15) is 0 Å². The predicted molar refractivity (Wildman–Crippen MR) is 97.4 cm³/mol. The van der Waals surface area contributed by atoms with E-state index in [0.29, 0.717) is 26.0 Å². The van der Waals surface area contributed by atoms with Gasteiger partial charge >= 0.3 is 0 Å². The van der Waals surface area contributed by atoms with E-state index in [1.54, 1.807) is 26.2 Å². The van der Waals surface area contributed by atoms with Gasteiger partial charge in [-0.15, -0.1) is 0 Å². The topological polar surface area (TPSA) is 48.0 Å². The van der Waals surface area contributed by atoms with Crippen LogP contribution in [-0.4, -0.2) is 45.2 Å². The van der Waals surface area contributed by atoms with Gasteiger partial charge < -0.3 is 19.1 Å². The zero-order valence-electron chi connectivity index (χ0n) is 15.0. The molecule has 0 atom stereocenters. The van der Waals surface area contributed by atoms with Crippen molar-refractivity contribution in [3.63, 3.8) is 0 Å². The Morgan fingerprint density at radius 1 is 0.960 bits per heavy atom. The molecule has 2 aromatic carbocycles. The van der Waals surface area contributed by atoms with Gasteiger partial charge in [-0.3, -0.25) is 4.79 Å². The van der Waals surface area contributed by atoms with Crippen molar-refractivity contribution in [2.24, 2.45) is 0 Å². The summed E-state index contributed by atoms with van der Waals surface area (Å²) in [7, 11) is 5.06. The lowest BCUT2D eigenvalue weighted by molar-refractivity contribution is -0.130. The molecule has 0 aliphatic rings. The number of carbonyl (C=O) groups is 1. The Bertz CT molecular complexity index is 670. The summed E-state index contributed by atoms with van der Waals surface area (Å²) in [6, 6.07) is 15.2. The maximum Gasteiger partial charge on any atom is 0.222 e. The highest BCUT2D eigenvalue weighted by Gasteiger charge is 2.09. The molecule has 5 heteroatoms. The van der Waals surface area contributed by atoms with Crippen molar-refractivity contribution in [3.05, 3.63) is 54.1 Å². The summed E-state index contributed by atoms with van der Waals surface area (Å²) in [6.45, 7) is 0.997. The Balaban J connectivity index is 1.72. The minimum Gasteiger partial charge on any atom is -0.497 e. The van der Waals surface area contributed by atoms with Gasteiger partial charge in [0.25, 0.3) is 0 Å². The van der Waals surface area contributed by atoms with Crippen LogP contribution in [0.3, 0.4) is 0 Å². The molecular weight excluding hydrogens is 318 g/mol. The van der Waals surface area contributed by atoms with Crippen molar-refractivity contribution in [2.75, 3.05) is 34.4 Å². The molecule has 134 valence electrons. The zero-order valence-corrected chi connectivity index (χ0v) is 15.0. The molecule has 5 nitrogen and oxygen atoms in total. The van der Waals surface area contributed by atoms with Crippen LogP contribution in [0.2, 0.25) is 0 Å². The lowest BCUT2D eigenvalue weighted by Gasteiger charge is -2.17. The lowest BCUT2D eigenvalue weighted by atomic mass is 10.1. The van der Waals surface area contributed by atoms with Crippen molar-refractivity contribution in [2.45, 2.75) is 12.8 Å². The highest BCUT2D eigenvalue weighted by molar-refractivity contribution is 5.76. The number of rotatable bonds is 9. The van der Waals surface area contributed by atoms with Gasteiger partial charge in [0.15, 0.2) is 0 Å². The van der Waals surface area contributed by atoms with Crippen LogP contribution < -0.4 is 14.2 Å². The van der Waals surface area contributed by atoms with Gasteiger partial charge in [-0.1, -0.05) is 12.1 Å². The van der Waals surface area contributed by atoms with Crippen LogP contribution in [0.4, 0.5) is 0 Å². The Morgan fingerprint density at radius 3 is 2.32 bits per heavy atom. The molecule has 0 spiro atoms. The molecule has 0 aliphatic carbocycles. The van der Waals surface area contributed by atoms with Crippen molar-refractivity contribution in [3.8, 4) is 17.2 Å². The molecule has 0 aliphatic heterocycles. The van der Waals surface area contributed by atoms with Gasteiger partial charge in [0, 0.05) is 13.5 Å². The van der Waals surface area contributed by atoms with Crippen LogP contribution in [0.5, 0.6) is 17.2 Å². The van der Waals surface area contributed by atoms with E-state index in [1.165, 1.54) is 0 Å². The summed E-state index contributed by atoms with van der Waals surface area (Å²) >= 11 is 0. The van der Waals surface area contributed by atoms with Crippen molar-refractivity contribution < 1.29 is 19.0 Å². The van der Waals surface area contributed by atoms with Gasteiger partial charge in [0.1, 0.15) is 23.9 Å². The average Bonchev–Trinajstić information content (AvgIpc) is 2.66. The Labute approximate surface area is 149 Å². The first-order valence-electron chi connectivity index (χ1n) is 8.26. The normalized spacial score (nSPS) is 10.2. The van der Waals surface area contributed by atoms with Gasteiger partial charge in [0.2, 0.25) is 5.91 Å². The second-order valence-electron chi connectivity index (χ2n) is 5.69. The Morgan fingerprint density at radius 2 is 1.64 bits per heavy atom.